The van der Waals surface area contributed by atoms with Crippen molar-refractivity contribution in [2.75, 3.05) is 6.79 Å². The summed E-state index contributed by atoms with van der Waals surface area (Å²) in [7, 11) is 0. The Morgan fingerprint density at radius 2 is 1.75 bits per heavy atom. The summed E-state index contributed by atoms with van der Waals surface area (Å²) in [4.78, 5) is 22.8. The van der Waals surface area contributed by atoms with Gasteiger partial charge in [-0.25, -0.2) is 4.79 Å². The molecule has 0 N–H and O–H groups in total. The van der Waals surface area contributed by atoms with Gasteiger partial charge in [0, 0.05) is 6.07 Å². The maximum absolute atomic E-state index is 12.3. The highest BCUT2D eigenvalue weighted by atomic mass is 16.7. The average molecular weight is 329 g/mol. The minimum atomic E-state index is -0.779. The smallest absolute Gasteiger partial charge is 0.345 e. The third-order valence-electron chi connectivity index (χ3n) is 3.56. The van der Waals surface area contributed by atoms with Gasteiger partial charge in [0.1, 0.15) is 12.2 Å². The molecule has 1 aliphatic rings. The fourth-order valence-electron chi connectivity index (χ4n) is 2.62. The first-order valence-electron chi connectivity index (χ1n) is 7.26. The van der Waals surface area contributed by atoms with Gasteiger partial charge in [-0.2, -0.15) is 0 Å². The monoisotopic (exact) mass is 329 g/mol. The van der Waals surface area contributed by atoms with E-state index in [-0.39, 0.29) is 30.4 Å². The van der Waals surface area contributed by atoms with Crippen molar-refractivity contribution >= 4 is 11.7 Å². The van der Waals surface area contributed by atoms with Crippen LogP contribution in [0.5, 0.6) is 11.5 Å². The number of ether oxygens (including phenoxy) is 3. The molecule has 124 valence electrons. The predicted octanol–water partition coefficient (Wildman–Crippen LogP) is 3.30. The SMILES string of the molecule is Cc1cc(C)cc(COC(=O)c2cc3c(cc2[N+](=O)[O-])OCO3)c1. The second-order valence-corrected chi connectivity index (χ2v) is 5.55. The summed E-state index contributed by atoms with van der Waals surface area (Å²) >= 11 is 0. The molecule has 0 saturated heterocycles. The van der Waals surface area contributed by atoms with Crippen molar-refractivity contribution in [3.05, 3.63) is 62.7 Å². The third kappa shape index (κ3) is 3.15. The molecule has 0 saturated carbocycles. The van der Waals surface area contributed by atoms with Crippen LogP contribution in [0.15, 0.2) is 30.3 Å². The molecule has 2 aromatic rings. The van der Waals surface area contributed by atoms with E-state index in [1.54, 1.807) is 0 Å². The number of carbonyl (C=O) groups is 1. The number of nitro benzene ring substituents is 1. The van der Waals surface area contributed by atoms with Crippen molar-refractivity contribution in [1.29, 1.82) is 0 Å². The lowest BCUT2D eigenvalue weighted by Gasteiger charge is -2.08. The van der Waals surface area contributed by atoms with Crippen LogP contribution in [0.2, 0.25) is 0 Å². The van der Waals surface area contributed by atoms with Gasteiger partial charge in [-0.3, -0.25) is 10.1 Å². The zero-order chi connectivity index (χ0) is 17.3. The Hall–Kier alpha value is -3.09. The van der Waals surface area contributed by atoms with E-state index in [9.17, 15) is 14.9 Å². The molecule has 0 aromatic heterocycles. The van der Waals surface area contributed by atoms with Gasteiger partial charge in [0.05, 0.1) is 11.0 Å². The van der Waals surface area contributed by atoms with Gasteiger partial charge in [0.2, 0.25) is 6.79 Å². The molecule has 1 aliphatic heterocycles. The van der Waals surface area contributed by atoms with Crippen LogP contribution in [0.3, 0.4) is 0 Å². The Bertz CT molecular complexity index is 810. The Labute approximate surface area is 137 Å². The molecule has 7 heteroatoms. The lowest BCUT2D eigenvalue weighted by molar-refractivity contribution is -0.385. The third-order valence-corrected chi connectivity index (χ3v) is 3.56. The molecule has 2 aromatic carbocycles. The van der Waals surface area contributed by atoms with Crippen molar-refractivity contribution in [3.8, 4) is 11.5 Å². The first kappa shape index (κ1) is 15.8. The van der Waals surface area contributed by atoms with Gasteiger partial charge in [0.25, 0.3) is 5.69 Å². The number of rotatable bonds is 4. The van der Waals surface area contributed by atoms with Crippen LogP contribution in [-0.4, -0.2) is 17.7 Å². The molecule has 7 nitrogen and oxygen atoms in total. The zero-order valence-electron chi connectivity index (χ0n) is 13.2. The summed E-state index contributed by atoms with van der Waals surface area (Å²) in [5, 5.41) is 11.2. The van der Waals surface area contributed by atoms with Gasteiger partial charge in [-0.05, 0) is 19.4 Å². The lowest BCUT2D eigenvalue weighted by Crippen LogP contribution is -2.08. The Balaban J connectivity index is 1.83. The van der Waals surface area contributed by atoms with E-state index in [4.69, 9.17) is 14.2 Å². The highest BCUT2D eigenvalue weighted by molar-refractivity contribution is 5.95. The quantitative estimate of drug-likeness (QED) is 0.486. The number of carbonyl (C=O) groups excluding carboxylic acids is 1. The van der Waals surface area contributed by atoms with Crippen molar-refractivity contribution in [3.63, 3.8) is 0 Å². The van der Waals surface area contributed by atoms with Crippen LogP contribution in [-0.2, 0) is 11.3 Å². The van der Waals surface area contributed by atoms with E-state index in [2.05, 4.69) is 0 Å². The van der Waals surface area contributed by atoms with E-state index in [1.165, 1.54) is 12.1 Å². The molecule has 1 heterocycles. The van der Waals surface area contributed by atoms with Crippen molar-refractivity contribution in [2.24, 2.45) is 0 Å². The van der Waals surface area contributed by atoms with Gasteiger partial charge in [0.15, 0.2) is 11.5 Å². The Morgan fingerprint density at radius 3 is 2.38 bits per heavy atom. The normalized spacial score (nSPS) is 12.1. The molecule has 24 heavy (non-hydrogen) atoms. The van der Waals surface area contributed by atoms with Gasteiger partial charge >= 0.3 is 5.97 Å². The van der Waals surface area contributed by atoms with Gasteiger partial charge in [-0.1, -0.05) is 29.3 Å². The fraction of sp³-hybridized carbons (Fsp3) is 0.235. The summed E-state index contributed by atoms with van der Waals surface area (Å²) in [5.74, 6) is -0.245. The van der Waals surface area contributed by atoms with E-state index >= 15 is 0 Å². The predicted molar refractivity (Wildman–Crippen MR) is 84.3 cm³/mol. The maximum Gasteiger partial charge on any atom is 0.345 e. The van der Waals surface area contributed by atoms with Gasteiger partial charge < -0.3 is 14.2 Å². The number of nitro groups is 1. The van der Waals surface area contributed by atoms with Gasteiger partial charge in [-0.15, -0.1) is 0 Å². The first-order valence-corrected chi connectivity index (χ1v) is 7.26. The van der Waals surface area contributed by atoms with Crippen LogP contribution in [0.25, 0.3) is 0 Å². The Morgan fingerprint density at radius 1 is 1.12 bits per heavy atom. The lowest BCUT2D eigenvalue weighted by atomic mass is 10.1. The largest absolute Gasteiger partial charge is 0.457 e. The molecule has 0 amide bonds. The van der Waals surface area contributed by atoms with Crippen molar-refractivity contribution in [1.82, 2.24) is 0 Å². The second-order valence-electron chi connectivity index (χ2n) is 5.55. The van der Waals surface area contributed by atoms with E-state index in [0.29, 0.717) is 5.75 Å². The molecule has 0 aliphatic carbocycles. The molecule has 0 atom stereocenters. The fourth-order valence-corrected chi connectivity index (χ4v) is 2.62. The molecule has 3 rings (SSSR count). The summed E-state index contributed by atoms with van der Waals surface area (Å²) < 4.78 is 15.5. The average Bonchev–Trinajstić information content (AvgIpc) is 2.97. The maximum atomic E-state index is 12.3. The highest BCUT2D eigenvalue weighted by Gasteiger charge is 2.28. The summed E-state index contributed by atoms with van der Waals surface area (Å²) in [6.07, 6.45) is 0. The molecule has 0 radical (unpaired) electrons. The molecule has 0 bridgehead atoms. The van der Waals surface area contributed by atoms with E-state index in [1.807, 2.05) is 32.0 Å². The summed E-state index contributed by atoms with van der Waals surface area (Å²) in [6, 6.07) is 8.26. The number of benzene rings is 2. The molecule has 0 fully saturated rings. The van der Waals surface area contributed by atoms with E-state index in [0.717, 1.165) is 16.7 Å². The first-order chi connectivity index (χ1) is 11.4. The molecule has 0 spiro atoms. The number of esters is 1. The second kappa shape index (κ2) is 6.19. The van der Waals surface area contributed by atoms with Crippen molar-refractivity contribution in [2.45, 2.75) is 20.5 Å². The standard InChI is InChI=1S/C17H15NO6/c1-10-3-11(2)5-12(4-10)8-22-17(19)13-6-15-16(24-9-23-15)7-14(13)18(20)21/h3-7H,8-9H2,1-2H3. The van der Waals surface area contributed by atoms with Crippen LogP contribution in [0.4, 0.5) is 5.69 Å². The summed E-state index contributed by atoms with van der Waals surface area (Å²) in [5.41, 5.74) is 2.40. The Kier molecular flexibility index (Phi) is 4.07. The summed E-state index contributed by atoms with van der Waals surface area (Å²) in [6.45, 7) is 3.89. The van der Waals surface area contributed by atoms with Crippen LogP contribution in [0, 0.1) is 24.0 Å². The number of hydrogen-bond acceptors (Lipinski definition) is 6. The number of fused-ring (bicyclic) bond motifs is 1. The zero-order valence-corrected chi connectivity index (χ0v) is 13.2. The number of nitrogens with zero attached hydrogens (tertiary/aromatic N) is 1. The van der Waals surface area contributed by atoms with Crippen LogP contribution < -0.4 is 9.47 Å². The van der Waals surface area contributed by atoms with Crippen molar-refractivity contribution < 1.29 is 23.9 Å². The molecule has 0 unspecified atom stereocenters. The van der Waals surface area contributed by atoms with Crippen LogP contribution >= 0.6 is 0 Å². The number of hydrogen-bond donors (Lipinski definition) is 0. The van der Waals surface area contributed by atoms with Crippen LogP contribution in [0.1, 0.15) is 27.0 Å². The minimum absolute atomic E-state index is 0.0342. The van der Waals surface area contributed by atoms with E-state index < -0.39 is 10.9 Å². The number of aryl methyl sites for hydroxylation is 2. The minimum Gasteiger partial charge on any atom is -0.457 e. The molecular weight excluding hydrogens is 314 g/mol. The topological polar surface area (TPSA) is 87.9 Å². The molecular formula is C17H15NO6. The highest BCUT2D eigenvalue weighted by Crippen LogP contribution is 2.38.